The van der Waals surface area contributed by atoms with Crippen molar-refractivity contribution in [1.29, 1.82) is 0 Å². The van der Waals surface area contributed by atoms with Crippen molar-refractivity contribution in [1.82, 2.24) is 0 Å². The second-order valence-corrected chi connectivity index (χ2v) is 6.81. The fraction of sp³-hybridized carbons (Fsp3) is 0.357. The zero-order valence-corrected chi connectivity index (χ0v) is 12.4. The molecule has 0 radical (unpaired) electrons. The Morgan fingerprint density at radius 2 is 1.90 bits per heavy atom. The molecule has 2 aliphatic rings. The van der Waals surface area contributed by atoms with E-state index < -0.39 is 21.7 Å². The van der Waals surface area contributed by atoms with E-state index in [1.54, 1.807) is 38.3 Å². The lowest BCUT2D eigenvalue weighted by molar-refractivity contribution is -0.146. The van der Waals surface area contributed by atoms with Crippen LogP contribution >= 0.6 is 0 Å². The molecule has 1 aromatic rings. The van der Waals surface area contributed by atoms with Gasteiger partial charge in [-0.05, 0) is 24.6 Å². The predicted molar refractivity (Wildman–Crippen MR) is 74.1 cm³/mol. The van der Waals surface area contributed by atoms with Gasteiger partial charge < -0.3 is 9.47 Å². The van der Waals surface area contributed by atoms with Crippen molar-refractivity contribution in [2.24, 2.45) is 0 Å². The summed E-state index contributed by atoms with van der Waals surface area (Å²) >= 11 is 0. The van der Waals surface area contributed by atoms with E-state index in [4.69, 9.17) is 13.7 Å². The van der Waals surface area contributed by atoms with Crippen LogP contribution in [0, 0.1) is 0 Å². The van der Waals surface area contributed by atoms with E-state index >= 15 is 0 Å². The third-order valence-electron chi connectivity index (χ3n) is 3.68. The van der Waals surface area contributed by atoms with Crippen molar-refractivity contribution in [2.75, 3.05) is 19.5 Å². The molecule has 1 saturated heterocycles. The van der Waals surface area contributed by atoms with Crippen LogP contribution in [-0.4, -0.2) is 39.5 Å². The highest BCUT2D eigenvalue weighted by Gasteiger charge is 2.50. The highest BCUT2D eigenvalue weighted by Crippen LogP contribution is 2.41. The largest absolute Gasteiger partial charge is 0.497 e. The maximum absolute atomic E-state index is 12.2. The van der Waals surface area contributed by atoms with Crippen molar-refractivity contribution in [3.63, 3.8) is 0 Å². The van der Waals surface area contributed by atoms with Crippen LogP contribution in [0.15, 0.2) is 29.8 Å². The fourth-order valence-corrected chi connectivity index (χ4v) is 3.81. The summed E-state index contributed by atoms with van der Waals surface area (Å²) in [5, 5.41) is 0. The van der Waals surface area contributed by atoms with Gasteiger partial charge in [0.05, 0.1) is 12.7 Å². The average molecular weight is 310 g/mol. The van der Waals surface area contributed by atoms with Gasteiger partial charge in [-0.2, -0.15) is 8.42 Å². The molecule has 1 fully saturated rings. The lowest BCUT2D eigenvalue weighted by Crippen LogP contribution is -2.42. The summed E-state index contributed by atoms with van der Waals surface area (Å²) in [6.45, 7) is 1.47. The molecule has 2 aliphatic heterocycles. The maximum Gasteiger partial charge on any atom is 0.339 e. The van der Waals surface area contributed by atoms with Crippen LogP contribution in [-0.2, 0) is 23.8 Å². The second-order valence-electron chi connectivity index (χ2n) is 5.17. The first-order valence-electron chi connectivity index (χ1n) is 6.33. The third kappa shape index (κ3) is 2.32. The normalized spacial score (nSPS) is 27.2. The van der Waals surface area contributed by atoms with E-state index in [-0.39, 0.29) is 12.4 Å². The summed E-state index contributed by atoms with van der Waals surface area (Å²) in [4.78, 5) is 12.2. The van der Waals surface area contributed by atoms with Gasteiger partial charge in [0.25, 0.3) is 10.1 Å². The van der Waals surface area contributed by atoms with Gasteiger partial charge in [0.1, 0.15) is 18.1 Å². The van der Waals surface area contributed by atoms with Gasteiger partial charge in [-0.1, -0.05) is 12.1 Å². The van der Waals surface area contributed by atoms with Gasteiger partial charge in [0, 0.05) is 5.57 Å². The number of methoxy groups -OCH3 is 1. The van der Waals surface area contributed by atoms with E-state index in [9.17, 15) is 13.2 Å². The Morgan fingerprint density at radius 1 is 1.24 bits per heavy atom. The first-order valence-corrected chi connectivity index (χ1v) is 7.91. The molecule has 0 saturated carbocycles. The highest BCUT2D eigenvalue weighted by atomic mass is 32.2. The summed E-state index contributed by atoms with van der Waals surface area (Å²) in [5.74, 6) is -0.215. The number of esters is 1. The van der Waals surface area contributed by atoms with Crippen molar-refractivity contribution < 1.29 is 26.9 Å². The number of carbonyl (C=O) groups excluding carboxylic acids is 1. The van der Waals surface area contributed by atoms with Crippen LogP contribution < -0.4 is 4.74 Å². The minimum Gasteiger partial charge on any atom is -0.497 e. The molecule has 21 heavy (non-hydrogen) atoms. The number of ether oxygens (including phenoxy) is 2. The van der Waals surface area contributed by atoms with Crippen molar-refractivity contribution in [3.05, 3.63) is 35.4 Å². The fourth-order valence-electron chi connectivity index (χ4n) is 2.52. The SMILES string of the molecule is COc1ccc(C2=C3CS(=O)(=O)OCC3(C)OC2=O)cc1. The Kier molecular flexibility index (Phi) is 3.07. The Bertz CT molecular complexity index is 731. The maximum atomic E-state index is 12.2. The molecule has 2 heterocycles. The number of hydrogen-bond donors (Lipinski definition) is 0. The molecule has 0 aliphatic carbocycles. The van der Waals surface area contributed by atoms with Gasteiger partial charge in [-0.15, -0.1) is 0 Å². The second kappa shape index (κ2) is 4.57. The molecule has 0 bridgehead atoms. The van der Waals surface area contributed by atoms with Crippen LogP contribution in [0.4, 0.5) is 0 Å². The van der Waals surface area contributed by atoms with E-state index in [1.165, 1.54) is 0 Å². The topological polar surface area (TPSA) is 78.9 Å². The van der Waals surface area contributed by atoms with Gasteiger partial charge in [0.2, 0.25) is 0 Å². The molecule has 1 atom stereocenters. The Morgan fingerprint density at radius 3 is 2.52 bits per heavy atom. The van der Waals surface area contributed by atoms with E-state index in [0.717, 1.165) is 0 Å². The summed E-state index contributed by atoms with van der Waals surface area (Å²) in [5.41, 5.74) is 0.338. The zero-order chi connectivity index (χ0) is 15.3. The van der Waals surface area contributed by atoms with Gasteiger partial charge in [-0.3, -0.25) is 4.18 Å². The molecule has 7 heteroatoms. The van der Waals surface area contributed by atoms with Crippen molar-refractivity contribution in [3.8, 4) is 5.75 Å². The molecule has 112 valence electrons. The lowest BCUT2D eigenvalue weighted by Gasteiger charge is -2.30. The Balaban J connectivity index is 2.12. The molecule has 0 aromatic heterocycles. The molecular formula is C14H14O6S. The minimum atomic E-state index is -3.67. The molecule has 0 amide bonds. The summed E-state index contributed by atoms with van der Waals surface area (Å²) in [6, 6.07) is 6.83. The highest BCUT2D eigenvalue weighted by molar-refractivity contribution is 7.87. The van der Waals surface area contributed by atoms with Gasteiger partial charge in [0.15, 0.2) is 5.60 Å². The molecule has 1 aromatic carbocycles. The minimum absolute atomic E-state index is 0.184. The first-order chi connectivity index (χ1) is 9.85. The Labute approximate surface area is 122 Å². The van der Waals surface area contributed by atoms with E-state index in [1.807, 2.05) is 0 Å². The van der Waals surface area contributed by atoms with Crippen LogP contribution in [0.2, 0.25) is 0 Å². The summed E-state index contributed by atoms with van der Waals surface area (Å²) < 4.78 is 38.6. The van der Waals surface area contributed by atoms with Crippen molar-refractivity contribution >= 4 is 21.7 Å². The third-order valence-corrected chi connectivity index (χ3v) is 4.80. The standard InChI is InChI=1S/C14H14O6S/c1-14-8-19-21(16,17)7-11(14)12(13(15)20-14)9-3-5-10(18-2)6-4-9/h3-6H,7-8H2,1-2H3. The zero-order valence-electron chi connectivity index (χ0n) is 11.6. The molecule has 0 spiro atoms. The van der Waals surface area contributed by atoms with E-state index in [2.05, 4.69) is 0 Å². The lowest BCUT2D eigenvalue weighted by atomic mass is 9.92. The summed E-state index contributed by atoms with van der Waals surface area (Å²) in [7, 11) is -2.12. The van der Waals surface area contributed by atoms with E-state index in [0.29, 0.717) is 22.5 Å². The predicted octanol–water partition coefficient (Wildman–Crippen LogP) is 1.12. The van der Waals surface area contributed by atoms with Crippen molar-refractivity contribution in [2.45, 2.75) is 12.5 Å². The Hall–Kier alpha value is -1.86. The number of carbonyl (C=O) groups is 1. The van der Waals surface area contributed by atoms with Gasteiger partial charge in [-0.25, -0.2) is 4.79 Å². The van der Waals surface area contributed by atoms with Gasteiger partial charge >= 0.3 is 5.97 Å². The number of benzene rings is 1. The number of rotatable bonds is 2. The smallest absolute Gasteiger partial charge is 0.339 e. The van der Waals surface area contributed by atoms with Crippen LogP contribution in [0.1, 0.15) is 12.5 Å². The van der Waals surface area contributed by atoms with Crippen LogP contribution in [0.25, 0.3) is 5.57 Å². The first kappa shape index (κ1) is 14.1. The molecule has 3 rings (SSSR count). The number of hydrogen-bond acceptors (Lipinski definition) is 6. The van der Waals surface area contributed by atoms with Crippen LogP contribution in [0.3, 0.4) is 0 Å². The molecule has 0 N–H and O–H groups in total. The van der Waals surface area contributed by atoms with Crippen LogP contribution in [0.5, 0.6) is 5.75 Å². The number of fused-ring (bicyclic) bond motifs is 1. The quantitative estimate of drug-likeness (QED) is 0.602. The molecule has 1 unspecified atom stereocenters. The molecular weight excluding hydrogens is 296 g/mol. The summed E-state index contributed by atoms with van der Waals surface area (Å²) in [6.07, 6.45) is 0. The monoisotopic (exact) mass is 310 g/mol. The molecule has 6 nitrogen and oxygen atoms in total. The average Bonchev–Trinajstić information content (AvgIpc) is 2.69.